The number of pyridine rings is 1. The van der Waals surface area contributed by atoms with Gasteiger partial charge in [-0.25, -0.2) is 15.0 Å². The van der Waals surface area contributed by atoms with Gasteiger partial charge in [-0.3, -0.25) is 0 Å². The number of para-hydroxylation sites is 2. The Bertz CT molecular complexity index is 949. The third-order valence-electron chi connectivity index (χ3n) is 3.87. The number of phenolic OH excluding ortho intramolecular Hbond substituents is 2. The molecule has 148 valence electrons. The number of nitrogens with zero attached hydrogens (tertiary/aromatic N) is 3. The Labute approximate surface area is 186 Å². The van der Waals surface area contributed by atoms with Crippen molar-refractivity contribution in [2.45, 2.75) is 13.8 Å². The van der Waals surface area contributed by atoms with Crippen LogP contribution in [0.1, 0.15) is 25.0 Å². The second-order valence-electron chi connectivity index (χ2n) is 5.85. The normalized spacial score (nSPS) is 11.4. The second kappa shape index (κ2) is 11.7. The second-order valence-corrected chi connectivity index (χ2v) is 8.43. The van der Waals surface area contributed by atoms with Gasteiger partial charge in [-0.2, -0.15) is 0 Å². The van der Waals surface area contributed by atoms with E-state index in [1.165, 1.54) is 0 Å². The summed E-state index contributed by atoms with van der Waals surface area (Å²) in [6.45, 7) is 3.64. The van der Waals surface area contributed by atoms with Gasteiger partial charge in [0.05, 0.1) is 11.4 Å². The fourth-order valence-electron chi connectivity index (χ4n) is 2.56. The molecule has 0 aliphatic rings. The molecular formula is C21H19Cl2N3O2Ti. The maximum atomic E-state index is 9.94. The Kier molecular flexibility index (Phi) is 9.35. The average Bonchev–Trinajstić information content (AvgIpc) is 2.69. The molecule has 0 radical (unpaired) electrons. The predicted octanol–water partition coefficient (Wildman–Crippen LogP) is 6.15. The molecule has 0 amide bonds. The summed E-state index contributed by atoms with van der Waals surface area (Å²) >= 11 is -0.556. The van der Waals surface area contributed by atoms with E-state index in [0.29, 0.717) is 34.2 Å². The van der Waals surface area contributed by atoms with Crippen molar-refractivity contribution in [2.75, 3.05) is 0 Å². The zero-order chi connectivity index (χ0) is 21.2. The predicted molar refractivity (Wildman–Crippen MR) is 116 cm³/mol. The molecule has 3 aromatic rings. The minimum absolute atomic E-state index is 0.179. The first-order chi connectivity index (χ1) is 14.0. The Morgan fingerprint density at radius 2 is 1.10 bits per heavy atom. The minimum atomic E-state index is -0.556. The fourth-order valence-corrected chi connectivity index (χ4v) is 2.56. The molecule has 29 heavy (non-hydrogen) atoms. The molecule has 1 aromatic heterocycles. The van der Waals surface area contributed by atoms with E-state index >= 15 is 0 Å². The average molecular weight is 464 g/mol. The van der Waals surface area contributed by atoms with Gasteiger partial charge in [0.2, 0.25) is 0 Å². The Balaban J connectivity index is 0.000000941. The van der Waals surface area contributed by atoms with E-state index in [4.69, 9.17) is 18.6 Å². The molecule has 0 spiro atoms. The van der Waals surface area contributed by atoms with Crippen molar-refractivity contribution in [1.29, 1.82) is 0 Å². The third kappa shape index (κ3) is 6.98. The Morgan fingerprint density at radius 1 is 0.724 bits per heavy atom. The van der Waals surface area contributed by atoms with Gasteiger partial charge in [-0.05, 0) is 50.2 Å². The van der Waals surface area contributed by atoms with Crippen molar-refractivity contribution in [2.24, 2.45) is 9.98 Å². The maximum absolute atomic E-state index is 9.94. The van der Waals surface area contributed by atoms with E-state index in [1.54, 1.807) is 48.5 Å². The summed E-state index contributed by atoms with van der Waals surface area (Å²) in [5.41, 5.74) is 2.64. The first kappa shape index (κ1) is 23.1. The van der Waals surface area contributed by atoms with Gasteiger partial charge in [-0.15, -0.1) is 0 Å². The molecule has 0 unspecified atom stereocenters. The molecule has 3 rings (SSSR count). The molecule has 1 heterocycles. The molecule has 0 atom stereocenters. The van der Waals surface area contributed by atoms with Crippen LogP contribution in [0.15, 0.2) is 76.7 Å². The number of hydrogen-bond acceptors (Lipinski definition) is 5. The molecule has 2 aromatic carbocycles. The number of benzene rings is 2. The SMILES string of the molecule is CC(=Nc1cccc(/N=C(\C)c2ccccc2O)n1)c1ccccc1O.[Cl][Ti][Cl]. The first-order valence-corrected chi connectivity index (χ1v) is 12.9. The van der Waals surface area contributed by atoms with Gasteiger partial charge in [0.1, 0.15) is 11.5 Å². The number of hydrogen-bond donors (Lipinski definition) is 2. The molecule has 0 saturated carbocycles. The van der Waals surface area contributed by atoms with Crippen molar-refractivity contribution in [3.8, 4) is 11.5 Å². The van der Waals surface area contributed by atoms with Crippen LogP contribution >= 0.6 is 18.6 Å². The summed E-state index contributed by atoms with van der Waals surface area (Å²) in [6.07, 6.45) is 0. The Morgan fingerprint density at radius 3 is 1.48 bits per heavy atom. The quantitative estimate of drug-likeness (QED) is 0.359. The van der Waals surface area contributed by atoms with E-state index < -0.39 is 17.0 Å². The van der Waals surface area contributed by atoms with Crippen molar-refractivity contribution in [3.63, 3.8) is 0 Å². The zero-order valence-electron chi connectivity index (χ0n) is 15.8. The van der Waals surface area contributed by atoms with E-state index in [1.807, 2.05) is 32.0 Å². The van der Waals surface area contributed by atoms with Gasteiger partial charge < -0.3 is 10.2 Å². The van der Waals surface area contributed by atoms with Crippen LogP contribution in [0.4, 0.5) is 11.6 Å². The summed E-state index contributed by atoms with van der Waals surface area (Å²) in [4.78, 5) is 13.4. The summed E-state index contributed by atoms with van der Waals surface area (Å²) in [5.74, 6) is 1.35. The van der Waals surface area contributed by atoms with Crippen LogP contribution < -0.4 is 0 Å². The third-order valence-corrected chi connectivity index (χ3v) is 3.87. The van der Waals surface area contributed by atoms with Gasteiger partial charge in [0, 0.05) is 11.1 Å². The van der Waals surface area contributed by atoms with Crippen LogP contribution in [-0.2, 0) is 17.0 Å². The van der Waals surface area contributed by atoms with Crippen LogP contribution in [0.2, 0.25) is 0 Å². The van der Waals surface area contributed by atoms with Crippen molar-refractivity contribution < 1.29 is 27.2 Å². The van der Waals surface area contributed by atoms with E-state index in [2.05, 4.69) is 15.0 Å². The molecule has 8 heteroatoms. The van der Waals surface area contributed by atoms with Crippen LogP contribution in [0.3, 0.4) is 0 Å². The van der Waals surface area contributed by atoms with Crippen LogP contribution in [0, 0.1) is 0 Å². The van der Waals surface area contributed by atoms with Crippen LogP contribution in [-0.4, -0.2) is 26.6 Å². The number of aromatic nitrogens is 1. The number of rotatable bonds is 4. The summed E-state index contributed by atoms with van der Waals surface area (Å²) < 4.78 is 0. The summed E-state index contributed by atoms with van der Waals surface area (Å²) in [6, 6.07) is 19.4. The molecule has 0 fully saturated rings. The van der Waals surface area contributed by atoms with Crippen molar-refractivity contribution in [3.05, 3.63) is 77.9 Å². The number of phenols is 2. The van der Waals surface area contributed by atoms with Gasteiger partial charge in [0.15, 0.2) is 11.6 Å². The van der Waals surface area contributed by atoms with Crippen LogP contribution in [0.25, 0.3) is 0 Å². The molecule has 0 saturated heterocycles. The number of halogens is 2. The molecule has 5 nitrogen and oxygen atoms in total. The monoisotopic (exact) mass is 463 g/mol. The van der Waals surface area contributed by atoms with E-state index in [0.717, 1.165) is 0 Å². The van der Waals surface area contributed by atoms with Crippen molar-refractivity contribution >= 4 is 41.7 Å². The number of aromatic hydroxyl groups is 2. The standard InChI is InChI=1S/C21H19N3O2.2ClH.Ti/c1-14(16-8-3-5-10-18(16)25)22-20-12-7-13-21(24-20)23-15(2)17-9-4-6-11-19(17)26;;;/h3-13,25-26H,1-2H3;2*1H;/q;;;+2/p-2/b22-14+,23-15?;;;. The van der Waals surface area contributed by atoms with Crippen molar-refractivity contribution in [1.82, 2.24) is 4.98 Å². The summed E-state index contributed by atoms with van der Waals surface area (Å²) in [7, 11) is 9.78. The summed E-state index contributed by atoms with van der Waals surface area (Å²) in [5, 5.41) is 19.9. The molecule has 0 bridgehead atoms. The van der Waals surface area contributed by atoms with Gasteiger partial charge >= 0.3 is 35.6 Å². The van der Waals surface area contributed by atoms with Gasteiger partial charge in [-0.1, -0.05) is 30.3 Å². The fraction of sp³-hybridized carbons (Fsp3) is 0.0952. The molecule has 0 aliphatic carbocycles. The zero-order valence-corrected chi connectivity index (χ0v) is 18.9. The molecular weight excluding hydrogens is 445 g/mol. The van der Waals surface area contributed by atoms with Crippen LogP contribution in [0.5, 0.6) is 11.5 Å². The first-order valence-electron chi connectivity index (χ1n) is 8.57. The number of aliphatic imine (C=N–C) groups is 2. The molecule has 2 N–H and O–H groups in total. The van der Waals surface area contributed by atoms with E-state index in [-0.39, 0.29) is 11.5 Å². The van der Waals surface area contributed by atoms with Gasteiger partial charge in [0.25, 0.3) is 0 Å². The Hall–Kier alpha value is -2.18. The topological polar surface area (TPSA) is 78.1 Å². The molecule has 0 aliphatic heterocycles. The van der Waals surface area contributed by atoms with E-state index in [9.17, 15) is 10.2 Å².